The van der Waals surface area contributed by atoms with E-state index >= 15 is 0 Å². The molecule has 0 unspecified atom stereocenters. The van der Waals surface area contributed by atoms with E-state index in [1.807, 2.05) is 0 Å². The number of likely N-dealkylation sites (N-methyl/N-ethyl adjacent to an activating group) is 1. The number of carbonyl (C=O) groups excluding carboxylic acids is 1. The lowest BCUT2D eigenvalue weighted by Crippen LogP contribution is -2.45. The van der Waals surface area contributed by atoms with E-state index in [2.05, 4.69) is 0 Å². The van der Waals surface area contributed by atoms with Crippen molar-refractivity contribution in [2.24, 2.45) is 5.41 Å². The molecule has 1 atom stereocenters. The fourth-order valence-corrected chi connectivity index (χ4v) is 6.58. The molecule has 1 aliphatic carbocycles. The molecule has 1 aliphatic heterocycles. The largest absolute Gasteiger partial charge is 0.492 e. The molecule has 0 amide bonds. The van der Waals surface area contributed by atoms with E-state index in [4.69, 9.17) is 9.47 Å². The number of benzene rings is 1. The molecule has 7 nitrogen and oxygen atoms in total. The van der Waals surface area contributed by atoms with Gasteiger partial charge < -0.3 is 14.4 Å². The lowest BCUT2D eigenvalue weighted by Gasteiger charge is -2.34. The summed E-state index contributed by atoms with van der Waals surface area (Å²) < 4.78 is 109. The molecule has 222 valence electrons. The van der Waals surface area contributed by atoms with E-state index in [9.17, 15) is 35.2 Å². The smallest absolute Gasteiger partial charge is 0.420 e. The Morgan fingerprint density at radius 1 is 1.08 bits per heavy atom. The van der Waals surface area contributed by atoms with Crippen LogP contribution in [0.5, 0.6) is 5.75 Å². The monoisotopic (exact) mass is 584 g/mol. The number of ether oxygens (including phenoxy) is 2. The second kappa shape index (κ2) is 11.4. The number of hydrogen-bond donors (Lipinski definition) is 0. The first-order valence-electron chi connectivity index (χ1n) is 13.1. The predicted molar refractivity (Wildman–Crippen MR) is 136 cm³/mol. The Bertz CT molecular complexity index is 1140. The van der Waals surface area contributed by atoms with Crippen LogP contribution in [0.4, 0.5) is 27.6 Å². The first kappa shape index (κ1) is 31.4. The number of esters is 1. The van der Waals surface area contributed by atoms with Crippen LogP contribution in [0.2, 0.25) is 0 Å². The number of carbonyl (C=O) groups is 1. The Balaban J connectivity index is 2.14. The van der Waals surface area contributed by atoms with Crippen LogP contribution in [-0.2, 0) is 25.7 Å². The van der Waals surface area contributed by atoms with Crippen LogP contribution in [0.3, 0.4) is 0 Å². The van der Waals surface area contributed by atoms with E-state index in [0.717, 1.165) is 36.2 Å². The van der Waals surface area contributed by atoms with Gasteiger partial charge in [-0.3, -0.25) is 4.79 Å². The minimum absolute atomic E-state index is 0.0170. The van der Waals surface area contributed by atoms with Crippen molar-refractivity contribution in [2.45, 2.75) is 95.3 Å². The lowest BCUT2D eigenvalue weighted by molar-refractivity contribution is -0.155. The summed E-state index contributed by atoms with van der Waals surface area (Å²) in [4.78, 5) is 13.5. The van der Waals surface area contributed by atoms with Crippen molar-refractivity contribution in [1.29, 1.82) is 0 Å². The van der Waals surface area contributed by atoms with Gasteiger partial charge in [0.2, 0.25) is 15.9 Å². The first-order chi connectivity index (χ1) is 17.9. The van der Waals surface area contributed by atoms with Crippen LogP contribution in [0.1, 0.15) is 71.8 Å². The summed E-state index contributed by atoms with van der Waals surface area (Å²) >= 11 is 0. The third-order valence-corrected chi connectivity index (χ3v) is 9.29. The third-order valence-electron chi connectivity index (χ3n) is 7.35. The van der Waals surface area contributed by atoms with Crippen molar-refractivity contribution in [1.82, 2.24) is 4.31 Å². The lowest BCUT2D eigenvalue weighted by atomic mass is 9.95. The van der Waals surface area contributed by atoms with Gasteiger partial charge in [-0.15, -0.1) is 0 Å². The molecule has 1 heterocycles. The number of anilines is 1. The van der Waals surface area contributed by atoms with Crippen molar-refractivity contribution in [3.63, 3.8) is 0 Å². The van der Waals surface area contributed by atoms with E-state index < -0.39 is 63.9 Å². The molecule has 13 heteroatoms. The first-order valence-corrected chi connectivity index (χ1v) is 14.5. The van der Waals surface area contributed by atoms with Crippen LogP contribution in [0, 0.1) is 5.41 Å². The minimum Gasteiger partial charge on any atom is -0.492 e. The zero-order chi connectivity index (χ0) is 29.4. The average Bonchev–Trinajstić information content (AvgIpc) is 3.33. The number of rotatable bonds is 9. The quantitative estimate of drug-likeness (QED) is 0.267. The van der Waals surface area contributed by atoms with Gasteiger partial charge >= 0.3 is 12.1 Å². The molecule has 0 N–H and O–H groups in total. The number of alkyl halides is 5. The van der Waals surface area contributed by atoms with Crippen molar-refractivity contribution < 1.29 is 44.6 Å². The maximum Gasteiger partial charge on any atom is 0.420 e. The second-order valence-electron chi connectivity index (χ2n) is 11.1. The van der Waals surface area contributed by atoms with Gasteiger partial charge in [-0.1, -0.05) is 12.8 Å². The number of nitrogens with zero attached hydrogens (tertiary/aromatic N) is 2. The molecular weight excluding hydrogens is 547 g/mol. The van der Waals surface area contributed by atoms with E-state index in [1.165, 1.54) is 20.9 Å². The third kappa shape index (κ3) is 7.14. The zero-order valence-electron chi connectivity index (χ0n) is 22.9. The molecule has 3 rings (SSSR count). The molecule has 1 saturated carbocycles. The highest BCUT2D eigenvalue weighted by Gasteiger charge is 2.44. The summed E-state index contributed by atoms with van der Waals surface area (Å²) in [5.74, 6) is -4.44. The average molecular weight is 585 g/mol. The van der Waals surface area contributed by atoms with Crippen LogP contribution in [0.15, 0.2) is 17.0 Å². The Labute approximate surface area is 226 Å². The highest BCUT2D eigenvalue weighted by atomic mass is 32.2. The van der Waals surface area contributed by atoms with Crippen LogP contribution in [0.25, 0.3) is 0 Å². The number of fused-ring (bicyclic) bond motifs is 1. The van der Waals surface area contributed by atoms with Gasteiger partial charge in [0.1, 0.15) is 17.3 Å². The molecule has 0 spiro atoms. The highest BCUT2D eigenvalue weighted by Crippen LogP contribution is 2.46. The molecule has 0 bridgehead atoms. The number of halogens is 5. The van der Waals surface area contributed by atoms with Gasteiger partial charge in [-0.2, -0.15) is 17.5 Å². The summed E-state index contributed by atoms with van der Waals surface area (Å²) in [6.07, 6.45) is -2.69. The molecule has 1 aromatic rings. The Kier molecular flexibility index (Phi) is 9.16. The SMILES string of the molecule is CCOC(=O)C(C)(C)COc1cc2c(cc1C(F)(F)F)N(C1CCCC1)C[C@@H](CCC(C)(F)F)N(C)S2(=O)=O. The van der Waals surface area contributed by atoms with Crippen molar-refractivity contribution in [3.05, 3.63) is 17.7 Å². The summed E-state index contributed by atoms with van der Waals surface area (Å²) in [5, 5.41) is 0. The topological polar surface area (TPSA) is 76.2 Å². The van der Waals surface area contributed by atoms with Crippen molar-refractivity contribution in [2.75, 3.05) is 31.7 Å². The minimum atomic E-state index is -4.90. The maximum absolute atomic E-state index is 14.3. The Hall–Kier alpha value is -2.15. The van der Waals surface area contributed by atoms with E-state index in [0.29, 0.717) is 12.8 Å². The van der Waals surface area contributed by atoms with Gasteiger partial charge in [-0.25, -0.2) is 17.2 Å². The zero-order valence-corrected chi connectivity index (χ0v) is 23.7. The van der Waals surface area contributed by atoms with Crippen molar-refractivity contribution >= 4 is 21.7 Å². The highest BCUT2D eigenvalue weighted by molar-refractivity contribution is 7.89. The molecule has 0 radical (unpaired) electrons. The summed E-state index contributed by atoms with van der Waals surface area (Å²) in [5.41, 5.74) is -2.61. The molecule has 1 aromatic carbocycles. The Morgan fingerprint density at radius 3 is 2.23 bits per heavy atom. The molecule has 0 saturated heterocycles. The number of sulfonamides is 1. The second-order valence-corrected chi connectivity index (χ2v) is 13.0. The van der Waals surface area contributed by atoms with Crippen molar-refractivity contribution in [3.8, 4) is 5.75 Å². The van der Waals surface area contributed by atoms with Crippen LogP contribution >= 0.6 is 0 Å². The predicted octanol–water partition coefficient (Wildman–Crippen LogP) is 5.86. The van der Waals surface area contributed by atoms with Gasteiger partial charge in [0.25, 0.3) is 0 Å². The summed E-state index contributed by atoms with van der Waals surface area (Å²) in [7, 11) is -3.13. The van der Waals surface area contributed by atoms with Gasteiger partial charge in [0.05, 0.1) is 23.3 Å². The maximum atomic E-state index is 14.3. The molecule has 1 fully saturated rings. The molecular formula is C26H37F5N2O5S. The fourth-order valence-electron chi connectivity index (χ4n) is 5.01. The number of hydrogen-bond acceptors (Lipinski definition) is 6. The van der Waals surface area contributed by atoms with Crippen LogP contribution < -0.4 is 9.64 Å². The van der Waals surface area contributed by atoms with Gasteiger partial charge in [-0.05, 0) is 53.0 Å². The molecule has 39 heavy (non-hydrogen) atoms. The fraction of sp³-hybridized carbons (Fsp3) is 0.731. The normalized spacial score (nSPS) is 21.0. The Morgan fingerprint density at radius 2 is 1.69 bits per heavy atom. The van der Waals surface area contributed by atoms with E-state index in [-0.39, 0.29) is 36.2 Å². The summed E-state index contributed by atoms with van der Waals surface area (Å²) in [6.45, 7) is 4.79. The van der Waals surface area contributed by atoms with E-state index in [1.54, 1.807) is 11.8 Å². The van der Waals surface area contributed by atoms with Gasteiger partial charge in [0, 0.05) is 38.2 Å². The van der Waals surface area contributed by atoms with Gasteiger partial charge in [0.15, 0.2) is 0 Å². The summed E-state index contributed by atoms with van der Waals surface area (Å²) in [6, 6.07) is 0.521. The molecule has 2 aliphatic rings. The molecule has 0 aromatic heterocycles. The van der Waals surface area contributed by atoms with Crippen LogP contribution in [-0.4, -0.2) is 63.5 Å². The standard InChI is InChI=1S/C26H37F5N2O5S/c1-6-37-23(34)24(2,3)16-38-21-14-22-20(13-19(21)26(29,30)31)33(17-9-7-8-10-17)15-18(11-12-25(4,27)28)32(5)39(22,35)36/h13-14,17-18H,6-12,15-16H2,1-5H3/t18-/m1/s1.